The van der Waals surface area contributed by atoms with Gasteiger partial charge >= 0.3 is 0 Å². The number of hydrogen-bond donors (Lipinski definition) is 1. The quantitative estimate of drug-likeness (QED) is 0.880. The van der Waals surface area contributed by atoms with E-state index >= 15 is 0 Å². The van der Waals surface area contributed by atoms with E-state index in [-0.39, 0.29) is 0 Å². The summed E-state index contributed by atoms with van der Waals surface area (Å²) >= 11 is 0. The molecule has 1 aromatic heterocycles. The normalized spacial score (nSPS) is 26.6. The van der Waals surface area contributed by atoms with Gasteiger partial charge in [-0.25, -0.2) is 4.98 Å². The van der Waals surface area contributed by atoms with E-state index in [0.717, 1.165) is 18.4 Å². The number of aromatic nitrogens is 3. The van der Waals surface area contributed by atoms with E-state index in [2.05, 4.69) is 20.3 Å². The fraction of sp³-hybridized carbons (Fsp3) is 0.857. The molecule has 0 amide bonds. The molecule has 1 aromatic rings. The Morgan fingerprint density at radius 3 is 2.68 bits per heavy atom. The van der Waals surface area contributed by atoms with Crippen molar-refractivity contribution in [2.24, 2.45) is 11.8 Å². The molecule has 1 unspecified atom stereocenters. The van der Waals surface area contributed by atoms with Gasteiger partial charge in [0.05, 0.1) is 0 Å². The Morgan fingerprint density at radius 1 is 1.11 bits per heavy atom. The molecule has 3 heterocycles. The number of nitrogens with one attached hydrogen (secondary N) is 1. The molecule has 1 N–H and O–H groups in total. The molecular formula is C14H25N5. The molecule has 0 saturated carbocycles. The second-order valence-electron chi connectivity index (χ2n) is 6.07. The molecule has 2 saturated heterocycles. The highest BCUT2D eigenvalue weighted by molar-refractivity contribution is 4.77. The lowest BCUT2D eigenvalue weighted by atomic mass is 9.94. The van der Waals surface area contributed by atoms with E-state index in [9.17, 15) is 0 Å². The van der Waals surface area contributed by atoms with Crippen LogP contribution in [0.25, 0.3) is 0 Å². The van der Waals surface area contributed by atoms with Gasteiger partial charge in [0.25, 0.3) is 0 Å². The Hall–Kier alpha value is -0.940. The maximum atomic E-state index is 4.21. The van der Waals surface area contributed by atoms with E-state index in [4.69, 9.17) is 0 Å². The number of hydrogen-bond acceptors (Lipinski definition) is 4. The molecule has 2 fully saturated rings. The number of likely N-dealkylation sites (tertiary alicyclic amines) is 1. The van der Waals surface area contributed by atoms with Gasteiger partial charge in [-0.1, -0.05) is 0 Å². The molecule has 0 radical (unpaired) electrons. The molecule has 19 heavy (non-hydrogen) atoms. The van der Waals surface area contributed by atoms with Crippen molar-refractivity contribution in [1.82, 2.24) is 25.0 Å². The summed E-state index contributed by atoms with van der Waals surface area (Å²) in [4.78, 5) is 6.68. The highest BCUT2D eigenvalue weighted by Crippen LogP contribution is 2.21. The van der Waals surface area contributed by atoms with Crippen LogP contribution in [0.1, 0.15) is 25.7 Å². The summed E-state index contributed by atoms with van der Waals surface area (Å²) in [5.74, 6) is 1.66. The smallest absolute Gasteiger partial charge is 0.137 e. The van der Waals surface area contributed by atoms with Crippen LogP contribution in [0.5, 0.6) is 0 Å². The van der Waals surface area contributed by atoms with E-state index < -0.39 is 0 Å². The number of piperidine rings is 2. The van der Waals surface area contributed by atoms with Crippen molar-refractivity contribution in [3.05, 3.63) is 12.7 Å². The van der Waals surface area contributed by atoms with E-state index in [1.54, 1.807) is 6.33 Å². The summed E-state index contributed by atoms with van der Waals surface area (Å²) in [6.45, 7) is 7.29. The monoisotopic (exact) mass is 263 g/mol. The topological polar surface area (TPSA) is 46.0 Å². The highest BCUT2D eigenvalue weighted by Gasteiger charge is 2.22. The summed E-state index contributed by atoms with van der Waals surface area (Å²) < 4.78 is 1.98. The Kier molecular flexibility index (Phi) is 4.45. The molecule has 0 aromatic carbocycles. The molecule has 3 rings (SSSR count). The van der Waals surface area contributed by atoms with Crippen LogP contribution in [0.2, 0.25) is 0 Å². The van der Waals surface area contributed by atoms with Gasteiger partial charge < -0.3 is 10.2 Å². The summed E-state index contributed by atoms with van der Waals surface area (Å²) in [7, 11) is 0. The Bertz CT molecular complexity index is 350. The van der Waals surface area contributed by atoms with Crippen LogP contribution in [0, 0.1) is 11.8 Å². The van der Waals surface area contributed by atoms with E-state index in [1.807, 2.05) is 11.0 Å². The molecule has 0 bridgehead atoms. The van der Waals surface area contributed by atoms with Gasteiger partial charge in [-0.2, -0.15) is 5.10 Å². The maximum absolute atomic E-state index is 4.21. The first-order valence-corrected chi connectivity index (χ1v) is 7.65. The van der Waals surface area contributed by atoms with Crippen molar-refractivity contribution in [1.29, 1.82) is 0 Å². The van der Waals surface area contributed by atoms with E-state index in [1.165, 1.54) is 58.4 Å². The van der Waals surface area contributed by atoms with Crippen molar-refractivity contribution < 1.29 is 0 Å². The van der Waals surface area contributed by atoms with Crippen LogP contribution in [0.4, 0.5) is 0 Å². The highest BCUT2D eigenvalue weighted by atomic mass is 15.3. The first kappa shape index (κ1) is 13.1. The van der Waals surface area contributed by atoms with Gasteiger partial charge in [-0.05, 0) is 63.7 Å². The average Bonchev–Trinajstić information content (AvgIpc) is 2.95. The van der Waals surface area contributed by atoms with Gasteiger partial charge in [0.1, 0.15) is 12.7 Å². The van der Waals surface area contributed by atoms with Crippen LogP contribution in [0.3, 0.4) is 0 Å². The molecule has 106 valence electrons. The summed E-state index contributed by atoms with van der Waals surface area (Å²) in [5.41, 5.74) is 0. The fourth-order valence-electron chi connectivity index (χ4n) is 3.39. The van der Waals surface area contributed by atoms with Crippen LogP contribution in [-0.4, -0.2) is 52.4 Å². The van der Waals surface area contributed by atoms with Crippen molar-refractivity contribution in [3.8, 4) is 0 Å². The van der Waals surface area contributed by atoms with E-state index in [0.29, 0.717) is 0 Å². The van der Waals surface area contributed by atoms with Gasteiger partial charge in [0, 0.05) is 13.1 Å². The third-order valence-electron chi connectivity index (χ3n) is 4.53. The molecule has 2 aliphatic rings. The third kappa shape index (κ3) is 3.76. The molecule has 0 spiro atoms. The van der Waals surface area contributed by atoms with Crippen molar-refractivity contribution in [2.45, 2.75) is 32.2 Å². The van der Waals surface area contributed by atoms with Crippen molar-refractivity contribution in [3.63, 3.8) is 0 Å². The lowest BCUT2D eigenvalue weighted by Crippen LogP contribution is -2.42. The van der Waals surface area contributed by atoms with Crippen LogP contribution in [0.15, 0.2) is 12.7 Å². The summed E-state index contributed by atoms with van der Waals surface area (Å²) in [6.07, 6.45) is 8.84. The van der Waals surface area contributed by atoms with Gasteiger partial charge in [-0.3, -0.25) is 4.68 Å². The predicted octanol–water partition coefficient (Wildman–Crippen LogP) is 0.990. The standard InChI is InChI=1S/C14H25N5/c1-2-14(8-15-5-1)9-18-6-3-13(4-7-18)10-19-12-16-11-17-19/h11-15H,1-10H2. The minimum absolute atomic E-state index is 0.780. The lowest BCUT2D eigenvalue weighted by Gasteiger charge is -2.35. The van der Waals surface area contributed by atoms with Gasteiger partial charge in [0.15, 0.2) is 0 Å². The second kappa shape index (κ2) is 6.48. The SMILES string of the molecule is c1ncn(CC2CCN(CC3CCCNC3)CC2)n1. The Labute approximate surface area is 115 Å². The first-order chi connectivity index (χ1) is 9.40. The third-order valence-corrected chi connectivity index (χ3v) is 4.53. The second-order valence-corrected chi connectivity index (χ2v) is 6.07. The lowest BCUT2D eigenvalue weighted by molar-refractivity contribution is 0.141. The predicted molar refractivity (Wildman–Crippen MR) is 74.8 cm³/mol. The molecule has 5 nitrogen and oxygen atoms in total. The minimum Gasteiger partial charge on any atom is -0.316 e. The minimum atomic E-state index is 0.780. The number of nitrogens with zero attached hydrogens (tertiary/aromatic N) is 4. The zero-order valence-corrected chi connectivity index (χ0v) is 11.7. The average molecular weight is 263 g/mol. The van der Waals surface area contributed by atoms with Crippen LogP contribution < -0.4 is 5.32 Å². The van der Waals surface area contributed by atoms with Crippen molar-refractivity contribution >= 4 is 0 Å². The van der Waals surface area contributed by atoms with Gasteiger partial charge in [0.2, 0.25) is 0 Å². The zero-order chi connectivity index (χ0) is 12.9. The largest absolute Gasteiger partial charge is 0.316 e. The maximum Gasteiger partial charge on any atom is 0.137 e. The Morgan fingerprint density at radius 2 is 2.00 bits per heavy atom. The van der Waals surface area contributed by atoms with Crippen LogP contribution >= 0.6 is 0 Å². The molecule has 2 aliphatic heterocycles. The molecular weight excluding hydrogens is 238 g/mol. The Balaban J connectivity index is 1.39. The first-order valence-electron chi connectivity index (χ1n) is 7.65. The molecule has 0 aliphatic carbocycles. The molecule has 5 heteroatoms. The molecule has 1 atom stereocenters. The fourth-order valence-corrected chi connectivity index (χ4v) is 3.39. The van der Waals surface area contributed by atoms with Gasteiger partial charge in [-0.15, -0.1) is 0 Å². The number of rotatable bonds is 4. The summed E-state index contributed by atoms with van der Waals surface area (Å²) in [5, 5.41) is 7.72. The zero-order valence-electron chi connectivity index (χ0n) is 11.7. The summed E-state index contributed by atoms with van der Waals surface area (Å²) in [6, 6.07) is 0. The van der Waals surface area contributed by atoms with Crippen LogP contribution in [-0.2, 0) is 6.54 Å². The van der Waals surface area contributed by atoms with Crippen molar-refractivity contribution in [2.75, 3.05) is 32.7 Å².